The molecule has 0 amide bonds. The topological polar surface area (TPSA) is 41.1 Å². The highest BCUT2D eigenvalue weighted by atomic mass is 32.1. The van der Waals surface area contributed by atoms with E-state index in [9.17, 15) is 0 Å². The van der Waals surface area contributed by atoms with Gasteiger partial charge in [0.2, 0.25) is 5.13 Å². The van der Waals surface area contributed by atoms with Crippen molar-refractivity contribution >= 4 is 16.5 Å². The summed E-state index contributed by atoms with van der Waals surface area (Å²) in [6.07, 6.45) is 2.40. The van der Waals surface area contributed by atoms with Crippen LogP contribution in [0.25, 0.3) is 0 Å². The molecule has 1 aromatic heterocycles. The fourth-order valence-corrected chi connectivity index (χ4v) is 2.68. The number of hydrogen-bond donors (Lipinski definition) is 1. The van der Waals surface area contributed by atoms with Gasteiger partial charge in [-0.25, -0.2) is 0 Å². The maximum atomic E-state index is 4.19. The van der Waals surface area contributed by atoms with E-state index >= 15 is 0 Å². The van der Waals surface area contributed by atoms with Crippen LogP contribution < -0.4 is 5.32 Å². The summed E-state index contributed by atoms with van der Waals surface area (Å²) < 4.78 is 0. The van der Waals surface area contributed by atoms with Crippen molar-refractivity contribution in [1.29, 1.82) is 0 Å². The minimum absolute atomic E-state index is 0.477. The van der Waals surface area contributed by atoms with Crippen LogP contribution in [-0.4, -0.2) is 41.3 Å². The third-order valence-electron chi connectivity index (χ3n) is 2.98. The van der Waals surface area contributed by atoms with E-state index < -0.39 is 0 Å². The summed E-state index contributed by atoms with van der Waals surface area (Å²) in [5.41, 5.74) is 0. The molecule has 0 atom stereocenters. The first-order valence-electron chi connectivity index (χ1n) is 5.93. The van der Waals surface area contributed by atoms with Crippen molar-refractivity contribution in [1.82, 2.24) is 15.1 Å². The van der Waals surface area contributed by atoms with Gasteiger partial charge in [-0.05, 0) is 33.0 Å². The summed E-state index contributed by atoms with van der Waals surface area (Å²) in [6.45, 7) is 6.65. The van der Waals surface area contributed by atoms with Gasteiger partial charge in [-0.3, -0.25) is 0 Å². The average Bonchev–Trinajstić information content (AvgIpc) is 2.70. The fraction of sp³-hybridized carbons (Fsp3) is 0.818. The van der Waals surface area contributed by atoms with Crippen molar-refractivity contribution in [3.8, 4) is 0 Å². The minimum Gasteiger partial charge on any atom is -0.357 e. The summed E-state index contributed by atoms with van der Waals surface area (Å²) in [4.78, 5) is 2.37. The van der Waals surface area contributed by atoms with E-state index in [1.54, 1.807) is 11.3 Å². The van der Waals surface area contributed by atoms with Gasteiger partial charge in [-0.1, -0.05) is 25.2 Å². The molecule has 1 fully saturated rings. The molecular weight excluding hydrogens is 220 g/mol. The van der Waals surface area contributed by atoms with Crippen molar-refractivity contribution in [2.45, 2.75) is 38.6 Å². The summed E-state index contributed by atoms with van der Waals surface area (Å²) in [5, 5.41) is 14.0. The zero-order valence-corrected chi connectivity index (χ0v) is 11.0. The fourth-order valence-electron chi connectivity index (χ4n) is 1.85. The van der Waals surface area contributed by atoms with Crippen LogP contribution in [0.5, 0.6) is 0 Å². The Morgan fingerprint density at radius 2 is 2.00 bits per heavy atom. The van der Waals surface area contributed by atoms with Crippen LogP contribution in [0.2, 0.25) is 0 Å². The minimum atomic E-state index is 0.477. The Hall–Kier alpha value is -0.680. The van der Waals surface area contributed by atoms with Crippen molar-refractivity contribution < 1.29 is 0 Å². The second kappa shape index (κ2) is 5.10. The van der Waals surface area contributed by atoms with E-state index in [2.05, 4.69) is 41.3 Å². The maximum Gasteiger partial charge on any atom is 0.205 e. The third kappa shape index (κ3) is 2.92. The monoisotopic (exact) mass is 240 g/mol. The Morgan fingerprint density at radius 1 is 1.31 bits per heavy atom. The van der Waals surface area contributed by atoms with Crippen LogP contribution in [0.4, 0.5) is 5.13 Å². The molecule has 0 saturated carbocycles. The molecule has 0 radical (unpaired) electrons. The number of aromatic nitrogens is 2. The SMILES string of the molecule is CC(C)c1nnc(NC2CCN(C)CC2)s1. The molecule has 90 valence electrons. The molecular formula is C11H20N4S. The summed E-state index contributed by atoms with van der Waals surface area (Å²) in [7, 11) is 2.18. The van der Waals surface area contributed by atoms with E-state index in [4.69, 9.17) is 0 Å². The molecule has 0 bridgehead atoms. The van der Waals surface area contributed by atoms with E-state index in [0.717, 1.165) is 10.1 Å². The number of nitrogens with one attached hydrogen (secondary N) is 1. The molecule has 2 rings (SSSR count). The molecule has 0 unspecified atom stereocenters. The lowest BCUT2D eigenvalue weighted by Gasteiger charge is -2.29. The summed E-state index contributed by atoms with van der Waals surface area (Å²) in [5.74, 6) is 0.477. The Balaban J connectivity index is 1.88. The number of nitrogens with zero attached hydrogens (tertiary/aromatic N) is 3. The van der Waals surface area contributed by atoms with Crippen LogP contribution in [0.1, 0.15) is 37.6 Å². The van der Waals surface area contributed by atoms with Crippen LogP contribution in [0.15, 0.2) is 0 Å². The smallest absolute Gasteiger partial charge is 0.205 e. The third-order valence-corrected chi connectivity index (χ3v) is 4.14. The molecule has 4 nitrogen and oxygen atoms in total. The van der Waals surface area contributed by atoms with Gasteiger partial charge < -0.3 is 10.2 Å². The van der Waals surface area contributed by atoms with Gasteiger partial charge in [-0.15, -0.1) is 10.2 Å². The number of rotatable bonds is 3. The normalized spacial score (nSPS) is 19.2. The lowest BCUT2D eigenvalue weighted by atomic mass is 10.1. The predicted molar refractivity (Wildman–Crippen MR) is 68.1 cm³/mol. The quantitative estimate of drug-likeness (QED) is 0.879. The van der Waals surface area contributed by atoms with E-state index in [-0.39, 0.29) is 0 Å². The Kier molecular flexibility index (Phi) is 3.76. The summed E-state index contributed by atoms with van der Waals surface area (Å²) in [6, 6.07) is 0.573. The molecule has 2 heterocycles. The van der Waals surface area contributed by atoms with E-state index in [1.165, 1.54) is 25.9 Å². The van der Waals surface area contributed by atoms with Gasteiger partial charge in [0.05, 0.1) is 0 Å². The first kappa shape index (κ1) is 11.8. The lowest BCUT2D eigenvalue weighted by molar-refractivity contribution is 0.264. The largest absolute Gasteiger partial charge is 0.357 e. The number of hydrogen-bond acceptors (Lipinski definition) is 5. The van der Waals surface area contributed by atoms with Crippen LogP contribution >= 0.6 is 11.3 Å². The molecule has 1 N–H and O–H groups in total. The number of piperidine rings is 1. The van der Waals surface area contributed by atoms with Gasteiger partial charge in [0.25, 0.3) is 0 Å². The Morgan fingerprint density at radius 3 is 2.56 bits per heavy atom. The van der Waals surface area contributed by atoms with Crippen LogP contribution in [0.3, 0.4) is 0 Å². The maximum absolute atomic E-state index is 4.19. The first-order chi connectivity index (χ1) is 7.65. The molecule has 1 aromatic rings. The van der Waals surface area contributed by atoms with Crippen LogP contribution in [0, 0.1) is 0 Å². The predicted octanol–water partition coefficient (Wildman–Crippen LogP) is 2.17. The number of anilines is 1. The highest BCUT2D eigenvalue weighted by Gasteiger charge is 2.18. The molecule has 1 saturated heterocycles. The van der Waals surface area contributed by atoms with E-state index in [1.807, 2.05) is 0 Å². The molecule has 0 aliphatic carbocycles. The molecule has 0 spiro atoms. The zero-order chi connectivity index (χ0) is 11.5. The van der Waals surface area contributed by atoms with Crippen molar-refractivity contribution in [3.05, 3.63) is 5.01 Å². The summed E-state index contributed by atoms with van der Waals surface area (Å²) >= 11 is 1.69. The Bertz CT molecular complexity index is 328. The Labute approximate surface area is 101 Å². The van der Waals surface area contributed by atoms with Gasteiger partial charge in [0.15, 0.2) is 0 Å². The molecule has 0 aromatic carbocycles. The second-order valence-corrected chi connectivity index (χ2v) is 5.83. The van der Waals surface area contributed by atoms with Gasteiger partial charge in [-0.2, -0.15) is 0 Å². The van der Waals surface area contributed by atoms with E-state index in [0.29, 0.717) is 12.0 Å². The zero-order valence-electron chi connectivity index (χ0n) is 10.2. The average molecular weight is 240 g/mol. The van der Waals surface area contributed by atoms with Crippen LogP contribution in [-0.2, 0) is 0 Å². The van der Waals surface area contributed by atoms with Gasteiger partial charge >= 0.3 is 0 Å². The van der Waals surface area contributed by atoms with Gasteiger partial charge in [0.1, 0.15) is 5.01 Å². The molecule has 1 aliphatic heterocycles. The van der Waals surface area contributed by atoms with Crippen molar-refractivity contribution in [2.75, 3.05) is 25.5 Å². The first-order valence-corrected chi connectivity index (χ1v) is 6.75. The van der Waals surface area contributed by atoms with Crippen molar-refractivity contribution in [2.24, 2.45) is 0 Å². The molecule has 5 heteroatoms. The molecule has 16 heavy (non-hydrogen) atoms. The highest BCUT2D eigenvalue weighted by Crippen LogP contribution is 2.24. The second-order valence-electron chi connectivity index (χ2n) is 4.82. The molecule has 1 aliphatic rings. The highest BCUT2D eigenvalue weighted by molar-refractivity contribution is 7.15. The van der Waals surface area contributed by atoms with Crippen molar-refractivity contribution in [3.63, 3.8) is 0 Å². The lowest BCUT2D eigenvalue weighted by Crippen LogP contribution is -2.36. The standard InChI is InChI=1S/C11H20N4S/c1-8(2)10-13-14-11(16-10)12-9-4-6-15(3)7-5-9/h8-9H,4-7H2,1-3H3,(H,12,14). The van der Waals surface area contributed by atoms with Gasteiger partial charge in [0, 0.05) is 12.0 Å². The number of likely N-dealkylation sites (tertiary alicyclic amines) is 1.